The smallest absolute Gasteiger partial charge is 0.227 e. The molecular weight excluding hydrogens is 343 g/mol. The standard InChI is InChI=1S/C17H19FN4O2S/c1-2-3-4-14(23)19-17-21-20-16(25-17)11-9-15(24)22(10-11)13-7-5-12(18)6-8-13/h5-8,11H,2-4,9-10H2,1H3,(H,19,21,23). The number of benzene rings is 1. The Morgan fingerprint density at radius 3 is 2.84 bits per heavy atom. The van der Waals surface area contributed by atoms with E-state index in [1.807, 2.05) is 6.92 Å². The molecule has 3 rings (SSSR count). The molecule has 132 valence electrons. The number of aromatic nitrogens is 2. The van der Waals surface area contributed by atoms with Gasteiger partial charge in [-0.2, -0.15) is 0 Å². The first kappa shape index (κ1) is 17.5. The molecular formula is C17H19FN4O2S. The highest BCUT2D eigenvalue weighted by Gasteiger charge is 2.33. The molecule has 1 N–H and O–H groups in total. The van der Waals surface area contributed by atoms with E-state index in [0.717, 1.165) is 17.8 Å². The topological polar surface area (TPSA) is 75.2 Å². The van der Waals surface area contributed by atoms with Gasteiger partial charge in [0.15, 0.2) is 0 Å². The Morgan fingerprint density at radius 2 is 2.12 bits per heavy atom. The summed E-state index contributed by atoms with van der Waals surface area (Å²) < 4.78 is 13.0. The predicted molar refractivity (Wildman–Crippen MR) is 94.2 cm³/mol. The van der Waals surface area contributed by atoms with Crippen molar-refractivity contribution in [3.8, 4) is 0 Å². The van der Waals surface area contributed by atoms with Crippen LogP contribution in [0.5, 0.6) is 0 Å². The number of unbranched alkanes of at least 4 members (excludes halogenated alkanes) is 1. The molecule has 1 aliphatic heterocycles. The fraction of sp³-hybridized carbons (Fsp3) is 0.412. The molecule has 2 heterocycles. The summed E-state index contributed by atoms with van der Waals surface area (Å²) in [5.41, 5.74) is 0.673. The van der Waals surface area contributed by atoms with Gasteiger partial charge in [-0.05, 0) is 30.7 Å². The molecule has 1 fully saturated rings. The van der Waals surface area contributed by atoms with Gasteiger partial charge in [0.1, 0.15) is 10.8 Å². The highest BCUT2D eigenvalue weighted by atomic mass is 32.1. The summed E-state index contributed by atoms with van der Waals surface area (Å²) in [6.45, 7) is 2.50. The Labute approximate surface area is 149 Å². The van der Waals surface area contributed by atoms with Crippen molar-refractivity contribution in [3.05, 3.63) is 35.1 Å². The first-order valence-electron chi connectivity index (χ1n) is 8.26. The number of halogens is 1. The maximum atomic E-state index is 13.0. The maximum Gasteiger partial charge on any atom is 0.227 e. The van der Waals surface area contributed by atoms with Crippen LogP contribution < -0.4 is 10.2 Å². The van der Waals surface area contributed by atoms with Crippen molar-refractivity contribution < 1.29 is 14.0 Å². The zero-order valence-corrected chi connectivity index (χ0v) is 14.7. The minimum absolute atomic E-state index is 0.0275. The molecule has 25 heavy (non-hydrogen) atoms. The van der Waals surface area contributed by atoms with E-state index < -0.39 is 0 Å². The molecule has 1 aliphatic rings. The highest BCUT2D eigenvalue weighted by molar-refractivity contribution is 7.15. The van der Waals surface area contributed by atoms with Gasteiger partial charge >= 0.3 is 0 Å². The summed E-state index contributed by atoms with van der Waals surface area (Å²) in [4.78, 5) is 25.6. The second kappa shape index (κ2) is 7.69. The van der Waals surface area contributed by atoms with E-state index >= 15 is 0 Å². The molecule has 1 saturated heterocycles. The minimum atomic E-state index is -0.334. The summed E-state index contributed by atoms with van der Waals surface area (Å²) in [5.74, 6) is -0.504. The number of carbonyl (C=O) groups excluding carboxylic acids is 2. The van der Waals surface area contributed by atoms with E-state index in [1.165, 1.54) is 23.5 Å². The van der Waals surface area contributed by atoms with Gasteiger partial charge in [-0.15, -0.1) is 10.2 Å². The molecule has 0 bridgehead atoms. The fourth-order valence-corrected chi connectivity index (χ4v) is 3.56. The lowest BCUT2D eigenvalue weighted by Gasteiger charge is -2.16. The van der Waals surface area contributed by atoms with Gasteiger partial charge in [-0.3, -0.25) is 9.59 Å². The monoisotopic (exact) mass is 362 g/mol. The number of rotatable bonds is 6. The molecule has 6 nitrogen and oxygen atoms in total. The quantitative estimate of drug-likeness (QED) is 0.855. The average molecular weight is 362 g/mol. The number of hydrogen-bond donors (Lipinski definition) is 1. The van der Waals surface area contributed by atoms with Crippen LogP contribution in [0.2, 0.25) is 0 Å². The van der Waals surface area contributed by atoms with Gasteiger partial charge < -0.3 is 10.2 Å². The zero-order chi connectivity index (χ0) is 17.8. The van der Waals surface area contributed by atoms with Gasteiger partial charge in [0.05, 0.1) is 0 Å². The Bertz CT molecular complexity index is 762. The van der Waals surface area contributed by atoms with Crippen molar-refractivity contribution in [1.29, 1.82) is 0 Å². The van der Waals surface area contributed by atoms with Gasteiger partial charge in [-0.1, -0.05) is 24.7 Å². The number of anilines is 2. The van der Waals surface area contributed by atoms with Crippen molar-refractivity contribution in [3.63, 3.8) is 0 Å². The van der Waals surface area contributed by atoms with Crippen molar-refractivity contribution in [1.82, 2.24) is 10.2 Å². The van der Waals surface area contributed by atoms with Crippen LogP contribution >= 0.6 is 11.3 Å². The summed E-state index contributed by atoms with van der Waals surface area (Å²) in [5, 5.41) is 12.1. The predicted octanol–water partition coefficient (Wildman–Crippen LogP) is 3.33. The van der Waals surface area contributed by atoms with Crippen LogP contribution in [0.1, 0.15) is 43.5 Å². The molecule has 1 aromatic heterocycles. The SMILES string of the molecule is CCCCC(=O)Nc1nnc(C2CC(=O)N(c3ccc(F)cc3)C2)s1. The molecule has 1 aromatic carbocycles. The van der Waals surface area contributed by atoms with Crippen LogP contribution in [0.25, 0.3) is 0 Å². The van der Waals surface area contributed by atoms with Crippen LogP contribution in [0.15, 0.2) is 24.3 Å². The lowest BCUT2D eigenvalue weighted by atomic mass is 10.1. The molecule has 2 aromatic rings. The molecule has 0 radical (unpaired) electrons. The maximum absolute atomic E-state index is 13.0. The van der Waals surface area contributed by atoms with Crippen molar-refractivity contribution in [2.45, 2.75) is 38.5 Å². The van der Waals surface area contributed by atoms with Crippen LogP contribution in [0.4, 0.5) is 15.2 Å². The summed E-state index contributed by atoms with van der Waals surface area (Å²) in [6.07, 6.45) is 2.58. The normalized spacial score (nSPS) is 17.1. The number of hydrogen-bond acceptors (Lipinski definition) is 5. The summed E-state index contributed by atoms with van der Waals surface area (Å²) in [6, 6.07) is 5.86. The van der Waals surface area contributed by atoms with Crippen LogP contribution in [-0.2, 0) is 9.59 Å². The minimum Gasteiger partial charge on any atom is -0.312 e. The van der Waals surface area contributed by atoms with Gasteiger partial charge in [0.25, 0.3) is 0 Å². The molecule has 1 unspecified atom stereocenters. The largest absolute Gasteiger partial charge is 0.312 e. The molecule has 0 saturated carbocycles. The highest BCUT2D eigenvalue weighted by Crippen LogP contribution is 2.34. The van der Waals surface area contributed by atoms with Crippen molar-refractivity contribution >= 4 is 34.0 Å². The Hall–Kier alpha value is -2.35. The van der Waals surface area contributed by atoms with E-state index in [4.69, 9.17) is 0 Å². The first-order chi connectivity index (χ1) is 12.1. The second-order valence-electron chi connectivity index (χ2n) is 5.98. The van der Waals surface area contributed by atoms with E-state index in [-0.39, 0.29) is 23.5 Å². The lowest BCUT2D eigenvalue weighted by Crippen LogP contribution is -2.24. The van der Waals surface area contributed by atoms with Crippen molar-refractivity contribution in [2.24, 2.45) is 0 Å². The molecule has 1 atom stereocenters. The van der Waals surface area contributed by atoms with E-state index in [2.05, 4.69) is 15.5 Å². The lowest BCUT2D eigenvalue weighted by molar-refractivity contribution is -0.117. The fourth-order valence-electron chi connectivity index (χ4n) is 2.71. The summed E-state index contributed by atoms with van der Waals surface area (Å²) in [7, 11) is 0. The molecule has 2 amide bonds. The average Bonchev–Trinajstić information content (AvgIpc) is 3.20. The van der Waals surface area contributed by atoms with Crippen molar-refractivity contribution in [2.75, 3.05) is 16.8 Å². The third-order valence-electron chi connectivity index (χ3n) is 4.06. The van der Waals surface area contributed by atoms with E-state index in [0.29, 0.717) is 30.2 Å². The van der Waals surface area contributed by atoms with Crippen LogP contribution in [-0.4, -0.2) is 28.6 Å². The number of amides is 2. The second-order valence-corrected chi connectivity index (χ2v) is 6.99. The zero-order valence-electron chi connectivity index (χ0n) is 13.9. The van der Waals surface area contributed by atoms with Crippen LogP contribution in [0, 0.1) is 5.82 Å². The van der Waals surface area contributed by atoms with Gasteiger partial charge in [-0.25, -0.2) is 4.39 Å². The number of carbonyl (C=O) groups is 2. The number of nitrogens with one attached hydrogen (secondary N) is 1. The Morgan fingerprint density at radius 1 is 1.36 bits per heavy atom. The van der Waals surface area contributed by atoms with Gasteiger partial charge in [0, 0.05) is 31.0 Å². The van der Waals surface area contributed by atoms with E-state index in [9.17, 15) is 14.0 Å². The molecule has 8 heteroatoms. The summed E-state index contributed by atoms with van der Waals surface area (Å²) >= 11 is 1.30. The molecule has 0 spiro atoms. The Kier molecular flexibility index (Phi) is 5.37. The third-order valence-corrected chi connectivity index (χ3v) is 5.06. The third kappa shape index (κ3) is 4.19. The Balaban J connectivity index is 1.64. The first-order valence-corrected chi connectivity index (χ1v) is 9.07. The number of nitrogens with zero attached hydrogens (tertiary/aromatic N) is 3. The van der Waals surface area contributed by atoms with E-state index in [1.54, 1.807) is 17.0 Å². The molecule has 0 aliphatic carbocycles. The van der Waals surface area contributed by atoms with Crippen LogP contribution in [0.3, 0.4) is 0 Å². The van der Waals surface area contributed by atoms with Gasteiger partial charge in [0.2, 0.25) is 16.9 Å².